The number of aliphatic hydroxyl groups excluding tert-OH is 2. The van der Waals surface area contributed by atoms with Crippen LogP contribution in [-0.4, -0.2) is 73.8 Å². The average molecular weight is 485 g/mol. The normalized spacial score (nSPS) is 16.6. The van der Waals surface area contributed by atoms with Gasteiger partial charge in [-0.3, -0.25) is 0 Å². The topological polar surface area (TPSA) is 74.2 Å². The number of nitrogens with one attached hydrogen (secondary N) is 1. The van der Waals surface area contributed by atoms with E-state index in [1.54, 1.807) is 0 Å². The smallest absolute Gasteiger partial charge is 0.122 e. The molecular formula is C29H44N2O4. The van der Waals surface area contributed by atoms with Gasteiger partial charge < -0.3 is 29.9 Å². The highest BCUT2D eigenvalue weighted by atomic mass is 16.5. The molecule has 35 heavy (non-hydrogen) atoms. The van der Waals surface area contributed by atoms with Crippen molar-refractivity contribution in [2.75, 3.05) is 52.5 Å². The summed E-state index contributed by atoms with van der Waals surface area (Å²) in [5.74, 6) is 1.84. The number of ether oxygens (including phenoxy) is 2. The molecule has 0 amide bonds. The van der Waals surface area contributed by atoms with E-state index in [0.29, 0.717) is 13.2 Å². The van der Waals surface area contributed by atoms with Gasteiger partial charge in [0.25, 0.3) is 0 Å². The van der Waals surface area contributed by atoms with Crippen LogP contribution in [0, 0.1) is 19.3 Å². The molecule has 0 bridgehead atoms. The Morgan fingerprint density at radius 2 is 1.57 bits per heavy atom. The molecule has 0 spiro atoms. The minimum atomic E-state index is -0.168. The molecule has 1 aliphatic rings. The molecule has 0 saturated carbocycles. The fraction of sp³-hybridized carbons (Fsp3) is 0.586. The molecule has 3 N–H and O–H groups in total. The zero-order chi connectivity index (χ0) is 25.3. The van der Waals surface area contributed by atoms with Crippen LogP contribution < -0.4 is 14.8 Å². The summed E-state index contributed by atoms with van der Waals surface area (Å²) in [7, 11) is 0. The number of benzene rings is 2. The van der Waals surface area contributed by atoms with Gasteiger partial charge >= 0.3 is 0 Å². The number of β-amino-alcohol motifs (C(OH)–C–C–N with tert-alkyl or cyclic N) is 1. The third-order valence-electron chi connectivity index (χ3n) is 6.77. The third-order valence-corrected chi connectivity index (χ3v) is 6.77. The first-order chi connectivity index (χ1) is 16.8. The summed E-state index contributed by atoms with van der Waals surface area (Å²) >= 11 is 0. The molecule has 3 rings (SSSR count). The van der Waals surface area contributed by atoms with Crippen molar-refractivity contribution in [1.29, 1.82) is 0 Å². The first kappa shape index (κ1) is 27.5. The Kier molecular flexibility index (Phi) is 10.4. The van der Waals surface area contributed by atoms with Crippen molar-refractivity contribution in [3.63, 3.8) is 0 Å². The summed E-state index contributed by atoms with van der Waals surface area (Å²) in [6, 6.07) is 12.5. The van der Waals surface area contributed by atoms with Gasteiger partial charge in [0.2, 0.25) is 0 Å². The Bertz CT molecular complexity index is 931. The summed E-state index contributed by atoms with van der Waals surface area (Å²) in [6.07, 6.45) is 2.57. The number of hydrogen-bond donors (Lipinski definition) is 3. The Morgan fingerprint density at radius 3 is 2.11 bits per heavy atom. The first-order valence-electron chi connectivity index (χ1n) is 13.0. The summed E-state index contributed by atoms with van der Waals surface area (Å²) < 4.78 is 12.3. The van der Waals surface area contributed by atoms with Crippen molar-refractivity contribution >= 4 is 0 Å². The Morgan fingerprint density at radius 1 is 0.971 bits per heavy atom. The lowest BCUT2D eigenvalue weighted by Gasteiger charge is -2.22. The number of aliphatic hydroxyl groups is 2. The van der Waals surface area contributed by atoms with Crippen LogP contribution in [0.15, 0.2) is 36.4 Å². The van der Waals surface area contributed by atoms with E-state index in [9.17, 15) is 10.2 Å². The third kappa shape index (κ3) is 8.21. The molecule has 1 aliphatic heterocycles. The lowest BCUT2D eigenvalue weighted by molar-refractivity contribution is 0.156. The molecule has 1 saturated heterocycles. The molecule has 6 heteroatoms. The predicted octanol–water partition coefficient (Wildman–Crippen LogP) is 4.18. The average Bonchev–Trinajstić information content (AvgIpc) is 3.26. The second-order valence-corrected chi connectivity index (χ2v) is 10.5. The van der Waals surface area contributed by atoms with Crippen LogP contribution in [0.3, 0.4) is 0 Å². The molecule has 2 aromatic rings. The van der Waals surface area contributed by atoms with Gasteiger partial charge in [-0.25, -0.2) is 0 Å². The predicted molar refractivity (Wildman–Crippen MR) is 142 cm³/mol. The molecule has 0 radical (unpaired) electrons. The maximum atomic E-state index is 9.68. The zero-order valence-electron chi connectivity index (χ0n) is 22.0. The van der Waals surface area contributed by atoms with E-state index in [0.717, 1.165) is 74.6 Å². The molecule has 1 fully saturated rings. The maximum absolute atomic E-state index is 9.68. The van der Waals surface area contributed by atoms with Crippen LogP contribution in [0.1, 0.15) is 44.2 Å². The molecular weight excluding hydrogens is 440 g/mol. The van der Waals surface area contributed by atoms with Crippen LogP contribution in [0.5, 0.6) is 11.5 Å². The van der Waals surface area contributed by atoms with Gasteiger partial charge in [0, 0.05) is 38.2 Å². The van der Waals surface area contributed by atoms with E-state index in [4.69, 9.17) is 9.47 Å². The number of hydrogen-bond acceptors (Lipinski definition) is 6. The summed E-state index contributed by atoms with van der Waals surface area (Å²) in [5.41, 5.74) is 4.51. The van der Waals surface area contributed by atoms with Crippen LogP contribution in [-0.2, 0) is 0 Å². The fourth-order valence-corrected chi connectivity index (χ4v) is 4.47. The second kappa shape index (κ2) is 13.3. The minimum Gasteiger partial charge on any atom is -0.493 e. The van der Waals surface area contributed by atoms with Crippen LogP contribution in [0.2, 0.25) is 0 Å². The largest absolute Gasteiger partial charge is 0.493 e. The number of rotatable bonds is 14. The van der Waals surface area contributed by atoms with Crippen LogP contribution in [0.25, 0.3) is 11.1 Å². The quantitative estimate of drug-likeness (QED) is 0.349. The SMILES string of the molecule is Cc1c(OCCCNCC(C)(C)CO)cccc1-c1cccc(OCCCN2CCC(O)C2)c1C. The minimum absolute atomic E-state index is 0.0979. The van der Waals surface area contributed by atoms with Gasteiger partial charge in [-0.1, -0.05) is 38.1 Å². The molecule has 2 aromatic carbocycles. The molecule has 1 heterocycles. The molecule has 0 aromatic heterocycles. The second-order valence-electron chi connectivity index (χ2n) is 10.5. The monoisotopic (exact) mass is 484 g/mol. The van der Waals surface area contributed by atoms with E-state index in [1.807, 2.05) is 26.0 Å². The van der Waals surface area contributed by atoms with Crippen LogP contribution in [0.4, 0.5) is 0 Å². The van der Waals surface area contributed by atoms with Gasteiger partial charge in [-0.15, -0.1) is 0 Å². The summed E-state index contributed by atoms with van der Waals surface area (Å²) in [6.45, 7) is 14.2. The van der Waals surface area contributed by atoms with Gasteiger partial charge in [-0.2, -0.15) is 0 Å². The lowest BCUT2D eigenvalue weighted by Crippen LogP contribution is -2.33. The Balaban J connectivity index is 1.53. The van der Waals surface area contributed by atoms with Crippen LogP contribution >= 0.6 is 0 Å². The molecule has 6 nitrogen and oxygen atoms in total. The fourth-order valence-electron chi connectivity index (χ4n) is 4.47. The summed E-state index contributed by atoms with van der Waals surface area (Å²) in [5, 5.41) is 22.4. The van der Waals surface area contributed by atoms with E-state index >= 15 is 0 Å². The highest BCUT2D eigenvalue weighted by Gasteiger charge is 2.19. The first-order valence-corrected chi connectivity index (χ1v) is 13.0. The van der Waals surface area contributed by atoms with Gasteiger partial charge in [0.1, 0.15) is 11.5 Å². The van der Waals surface area contributed by atoms with Crippen molar-refractivity contribution in [3.05, 3.63) is 47.5 Å². The zero-order valence-corrected chi connectivity index (χ0v) is 22.0. The van der Waals surface area contributed by atoms with Crippen molar-refractivity contribution in [2.45, 2.75) is 53.1 Å². The number of nitrogens with zero attached hydrogens (tertiary/aromatic N) is 1. The molecule has 1 atom stereocenters. The van der Waals surface area contributed by atoms with E-state index in [2.05, 4.69) is 48.3 Å². The van der Waals surface area contributed by atoms with E-state index in [-0.39, 0.29) is 18.1 Å². The van der Waals surface area contributed by atoms with E-state index in [1.165, 1.54) is 11.1 Å². The standard InChI is InChI=1S/C29H44N2O4/c1-22-25(9-5-11-27(22)34-17-7-14-30-20-29(3,4)21-32)26-10-6-12-28(23(26)2)35-18-8-15-31-16-13-24(33)19-31/h5-6,9-12,24,30,32-33H,7-8,13-21H2,1-4H3. The van der Waals surface area contributed by atoms with Gasteiger partial charge in [-0.05, 0) is 74.0 Å². The highest BCUT2D eigenvalue weighted by Crippen LogP contribution is 2.35. The maximum Gasteiger partial charge on any atom is 0.122 e. The highest BCUT2D eigenvalue weighted by molar-refractivity contribution is 5.74. The van der Waals surface area contributed by atoms with Crippen molar-refractivity contribution in [3.8, 4) is 22.6 Å². The lowest BCUT2D eigenvalue weighted by atomic mass is 9.95. The van der Waals surface area contributed by atoms with E-state index < -0.39 is 0 Å². The summed E-state index contributed by atoms with van der Waals surface area (Å²) in [4.78, 5) is 2.30. The Labute approximate surface area is 211 Å². The molecule has 0 aliphatic carbocycles. The van der Waals surface area contributed by atoms with Crippen molar-refractivity contribution < 1.29 is 19.7 Å². The van der Waals surface area contributed by atoms with Crippen molar-refractivity contribution in [2.24, 2.45) is 5.41 Å². The number of likely N-dealkylation sites (tertiary alicyclic amines) is 1. The molecule has 1 unspecified atom stereocenters. The van der Waals surface area contributed by atoms with Gasteiger partial charge in [0.15, 0.2) is 0 Å². The van der Waals surface area contributed by atoms with Gasteiger partial charge in [0.05, 0.1) is 19.3 Å². The molecule has 194 valence electrons. The van der Waals surface area contributed by atoms with Crippen molar-refractivity contribution in [1.82, 2.24) is 10.2 Å². The Hall–Kier alpha value is -2.12.